The molecule has 2 N–H and O–H groups in total. The highest BCUT2D eigenvalue weighted by Gasteiger charge is 2.26. The number of pyridine rings is 1. The summed E-state index contributed by atoms with van der Waals surface area (Å²) in [7, 11) is 0. The number of benzene rings is 2. The topological polar surface area (TPSA) is 142 Å². The Kier molecular flexibility index (Phi) is 6.91. The summed E-state index contributed by atoms with van der Waals surface area (Å²) in [6.07, 6.45) is 0.881. The number of anilines is 3. The highest BCUT2D eigenvalue weighted by molar-refractivity contribution is 6.17. The minimum Gasteiger partial charge on any atom is -0.402 e. The molecule has 6 rings (SSSR count). The van der Waals surface area contributed by atoms with Crippen LogP contribution in [0.4, 0.5) is 17.4 Å². The molecule has 0 aliphatic carbocycles. The van der Waals surface area contributed by atoms with E-state index in [4.69, 9.17) is 14.1 Å². The van der Waals surface area contributed by atoms with Crippen LogP contribution in [0.25, 0.3) is 11.6 Å². The molecular formula is C29H26N8O3. The van der Waals surface area contributed by atoms with Crippen molar-refractivity contribution in [3.8, 4) is 17.7 Å². The van der Waals surface area contributed by atoms with Gasteiger partial charge in [0.05, 0.1) is 41.8 Å². The first-order valence-electron chi connectivity index (χ1n) is 13.0. The summed E-state index contributed by atoms with van der Waals surface area (Å²) in [6.45, 7) is 3.83. The molecular weight excluding hydrogens is 508 g/mol. The minimum absolute atomic E-state index is 0.0273. The van der Waals surface area contributed by atoms with Crippen molar-refractivity contribution in [2.24, 2.45) is 4.99 Å². The van der Waals surface area contributed by atoms with E-state index in [0.29, 0.717) is 36.6 Å². The second-order valence-electron chi connectivity index (χ2n) is 9.55. The first-order chi connectivity index (χ1) is 19.6. The zero-order valence-corrected chi connectivity index (χ0v) is 21.7. The lowest BCUT2D eigenvalue weighted by molar-refractivity contribution is -0.116. The minimum atomic E-state index is -0.676. The van der Waals surface area contributed by atoms with Crippen molar-refractivity contribution in [2.75, 3.05) is 35.2 Å². The maximum absolute atomic E-state index is 12.8. The van der Waals surface area contributed by atoms with Crippen molar-refractivity contribution in [1.29, 1.82) is 5.26 Å². The van der Waals surface area contributed by atoms with E-state index in [1.54, 1.807) is 6.07 Å². The van der Waals surface area contributed by atoms with Crippen LogP contribution in [0.15, 0.2) is 76.3 Å². The Morgan fingerprint density at radius 1 is 1.12 bits per heavy atom. The van der Waals surface area contributed by atoms with Crippen LogP contribution in [0.5, 0.6) is 0 Å². The van der Waals surface area contributed by atoms with Gasteiger partial charge >= 0.3 is 6.01 Å². The summed E-state index contributed by atoms with van der Waals surface area (Å²) < 4.78 is 11.7. The van der Waals surface area contributed by atoms with Crippen LogP contribution in [0.1, 0.15) is 30.0 Å². The number of carbonyl (C=O) groups is 1. The summed E-state index contributed by atoms with van der Waals surface area (Å²) in [5.74, 6) is -0.00734. The predicted molar refractivity (Wildman–Crippen MR) is 149 cm³/mol. The standard InChI is InChI=1S/C29H26N8O3/c1-18-17-37(11-12-39-18)23-13-19(15-30)16-31-27(23)28-35-36-29(40-28)34-24-14-25(38)32-22-10-6-5-9-21(22)26(33-24)20-7-3-2-4-8-20/h2-10,13,16,18,24H,11-12,14,17H2,1H3,(H,32,38)(H,34,36)/b33-26-/t18-,24-/m1/s1. The van der Waals surface area contributed by atoms with E-state index in [0.717, 1.165) is 22.5 Å². The lowest BCUT2D eigenvalue weighted by atomic mass is 9.99. The van der Waals surface area contributed by atoms with Crippen LogP contribution in [-0.2, 0) is 9.53 Å². The molecule has 11 heteroatoms. The van der Waals surface area contributed by atoms with Crippen molar-refractivity contribution in [2.45, 2.75) is 25.6 Å². The average molecular weight is 535 g/mol. The van der Waals surface area contributed by atoms with Gasteiger partial charge in [0.25, 0.3) is 5.89 Å². The Bertz CT molecular complexity index is 1610. The average Bonchev–Trinajstić information content (AvgIpc) is 3.43. The largest absolute Gasteiger partial charge is 0.402 e. The monoisotopic (exact) mass is 534 g/mol. The van der Waals surface area contributed by atoms with Crippen molar-refractivity contribution in [3.63, 3.8) is 0 Å². The molecule has 2 aliphatic rings. The molecule has 1 fully saturated rings. The second-order valence-corrected chi connectivity index (χ2v) is 9.55. The quantitative estimate of drug-likeness (QED) is 0.390. The number of ether oxygens (including phenoxy) is 1. The van der Waals surface area contributed by atoms with E-state index in [-0.39, 0.29) is 30.3 Å². The highest BCUT2D eigenvalue weighted by atomic mass is 16.5. The molecule has 0 saturated carbocycles. The third kappa shape index (κ3) is 5.25. The molecule has 0 radical (unpaired) electrons. The van der Waals surface area contributed by atoms with Gasteiger partial charge in [0.2, 0.25) is 5.91 Å². The number of nitriles is 1. The van der Waals surface area contributed by atoms with Gasteiger partial charge in [-0.05, 0) is 19.1 Å². The van der Waals surface area contributed by atoms with E-state index in [9.17, 15) is 10.1 Å². The molecule has 4 heterocycles. The van der Waals surface area contributed by atoms with Gasteiger partial charge in [-0.2, -0.15) is 5.26 Å². The van der Waals surface area contributed by atoms with Crippen molar-refractivity contribution in [1.82, 2.24) is 15.2 Å². The first kappa shape index (κ1) is 25.2. The van der Waals surface area contributed by atoms with Crippen molar-refractivity contribution < 1.29 is 13.9 Å². The summed E-state index contributed by atoms with van der Waals surface area (Å²) in [5.41, 5.74) is 4.76. The normalized spacial score (nSPS) is 20.2. The number of hydrogen-bond donors (Lipinski definition) is 2. The Hall–Kier alpha value is -5.08. The van der Waals surface area contributed by atoms with E-state index in [1.807, 2.05) is 61.5 Å². The number of carbonyl (C=O) groups excluding carboxylic acids is 1. The van der Waals surface area contributed by atoms with E-state index >= 15 is 0 Å². The first-order valence-corrected chi connectivity index (χ1v) is 13.0. The Labute approximate surface area is 230 Å². The number of amides is 1. The van der Waals surface area contributed by atoms with Gasteiger partial charge in [-0.25, -0.2) is 4.98 Å². The van der Waals surface area contributed by atoms with Gasteiger partial charge in [0.15, 0.2) is 5.69 Å². The molecule has 4 aromatic rings. The van der Waals surface area contributed by atoms with E-state index in [2.05, 4.69) is 36.8 Å². The second kappa shape index (κ2) is 11.0. The number of nitrogens with one attached hydrogen (secondary N) is 2. The highest BCUT2D eigenvalue weighted by Crippen LogP contribution is 2.31. The molecule has 0 unspecified atom stereocenters. The molecule has 2 aliphatic heterocycles. The Morgan fingerprint density at radius 3 is 2.77 bits per heavy atom. The molecule has 0 spiro atoms. The third-order valence-electron chi connectivity index (χ3n) is 6.66. The fraction of sp³-hybridized carbons (Fsp3) is 0.241. The zero-order valence-electron chi connectivity index (χ0n) is 21.7. The van der Waals surface area contributed by atoms with Crippen LogP contribution >= 0.6 is 0 Å². The lowest BCUT2D eigenvalue weighted by Crippen LogP contribution is -2.41. The number of nitrogens with zero attached hydrogens (tertiary/aromatic N) is 6. The maximum atomic E-state index is 12.8. The van der Waals surface area contributed by atoms with Gasteiger partial charge in [0.1, 0.15) is 12.2 Å². The van der Waals surface area contributed by atoms with E-state index < -0.39 is 6.17 Å². The summed E-state index contributed by atoms with van der Waals surface area (Å²) in [6, 6.07) is 21.4. The molecule has 1 amide bonds. The molecule has 200 valence electrons. The molecule has 2 atom stereocenters. The maximum Gasteiger partial charge on any atom is 0.317 e. The number of hydrogen-bond acceptors (Lipinski definition) is 10. The van der Waals surface area contributed by atoms with E-state index in [1.165, 1.54) is 6.20 Å². The summed E-state index contributed by atoms with van der Waals surface area (Å²) in [5, 5.41) is 24.0. The Morgan fingerprint density at radius 2 is 1.95 bits per heavy atom. The molecule has 2 aromatic heterocycles. The van der Waals surface area contributed by atoms with Gasteiger partial charge in [0, 0.05) is 30.4 Å². The van der Waals surface area contributed by atoms with Crippen molar-refractivity contribution >= 4 is 29.0 Å². The smallest absolute Gasteiger partial charge is 0.317 e. The fourth-order valence-electron chi connectivity index (χ4n) is 4.83. The predicted octanol–water partition coefficient (Wildman–Crippen LogP) is 3.85. The van der Waals surface area contributed by atoms with Crippen LogP contribution < -0.4 is 15.5 Å². The molecule has 11 nitrogen and oxygen atoms in total. The molecule has 1 saturated heterocycles. The third-order valence-corrected chi connectivity index (χ3v) is 6.66. The number of rotatable bonds is 5. The number of aliphatic imine (C=N–C) groups is 1. The molecule has 40 heavy (non-hydrogen) atoms. The summed E-state index contributed by atoms with van der Waals surface area (Å²) >= 11 is 0. The molecule has 2 aromatic carbocycles. The van der Waals surface area contributed by atoms with Gasteiger partial charge in [-0.3, -0.25) is 9.79 Å². The van der Waals surface area contributed by atoms with Gasteiger partial charge < -0.3 is 24.7 Å². The molecule has 0 bridgehead atoms. The van der Waals surface area contributed by atoms with Gasteiger partial charge in [-0.1, -0.05) is 53.6 Å². The van der Waals surface area contributed by atoms with Crippen LogP contribution in [-0.4, -0.2) is 58.8 Å². The number of aromatic nitrogens is 3. The number of morpholine rings is 1. The summed E-state index contributed by atoms with van der Waals surface area (Å²) in [4.78, 5) is 24.4. The van der Waals surface area contributed by atoms with Gasteiger partial charge in [-0.15, -0.1) is 5.10 Å². The van der Waals surface area contributed by atoms with Crippen LogP contribution in [0.2, 0.25) is 0 Å². The zero-order chi connectivity index (χ0) is 27.5. The number of para-hydroxylation sites is 1. The number of fused-ring (bicyclic) bond motifs is 1. The van der Waals surface area contributed by atoms with Crippen LogP contribution in [0.3, 0.4) is 0 Å². The fourth-order valence-corrected chi connectivity index (χ4v) is 4.83. The Balaban J connectivity index is 1.33. The lowest BCUT2D eigenvalue weighted by Gasteiger charge is -2.33. The van der Waals surface area contributed by atoms with Crippen LogP contribution in [0, 0.1) is 11.3 Å². The SMILES string of the molecule is C[C@@H]1CN(c2cc(C#N)cnc2-c2nnc(N[C@@H]3CC(=O)Nc4ccccc4/C(c4ccccc4)=N\3)o2)CCO1. The van der Waals surface area contributed by atoms with Crippen molar-refractivity contribution in [3.05, 3.63) is 83.6 Å².